The van der Waals surface area contributed by atoms with E-state index in [9.17, 15) is 4.79 Å². The van der Waals surface area contributed by atoms with Gasteiger partial charge in [0.1, 0.15) is 11.4 Å². The second kappa shape index (κ2) is 5.68. The Balaban J connectivity index is 1.81. The third-order valence-corrected chi connectivity index (χ3v) is 4.37. The Labute approximate surface area is 124 Å². The molecule has 1 amide bonds. The molecule has 3 heterocycles. The number of rotatable bonds is 2. The molecule has 110 valence electrons. The van der Waals surface area contributed by atoms with E-state index in [-0.39, 0.29) is 11.9 Å². The van der Waals surface area contributed by atoms with Crippen LogP contribution in [0.15, 0.2) is 30.5 Å². The van der Waals surface area contributed by atoms with E-state index >= 15 is 0 Å². The van der Waals surface area contributed by atoms with Gasteiger partial charge in [-0.3, -0.25) is 14.9 Å². The molecule has 0 aliphatic carbocycles. The lowest BCUT2D eigenvalue weighted by Crippen LogP contribution is -2.46. The van der Waals surface area contributed by atoms with E-state index in [2.05, 4.69) is 29.0 Å². The molecule has 21 heavy (non-hydrogen) atoms. The van der Waals surface area contributed by atoms with Crippen molar-refractivity contribution in [3.05, 3.63) is 36.2 Å². The molecule has 0 spiro atoms. The zero-order chi connectivity index (χ0) is 14.8. The van der Waals surface area contributed by atoms with E-state index in [0.717, 1.165) is 18.7 Å². The van der Waals surface area contributed by atoms with E-state index in [4.69, 9.17) is 0 Å². The molecular weight excluding hydrogens is 264 g/mol. The Kier molecular flexibility index (Phi) is 3.73. The van der Waals surface area contributed by atoms with Gasteiger partial charge in [-0.05, 0) is 43.9 Å². The zero-order valence-electron chi connectivity index (χ0n) is 12.4. The number of hydrogen-bond acceptors (Lipinski definition) is 3. The van der Waals surface area contributed by atoms with Crippen molar-refractivity contribution in [2.45, 2.75) is 32.7 Å². The molecule has 0 saturated carbocycles. The monoisotopic (exact) mass is 284 g/mol. The minimum Gasteiger partial charge on any atom is -0.334 e. The smallest absolute Gasteiger partial charge is 0.272 e. The van der Waals surface area contributed by atoms with Crippen molar-refractivity contribution < 1.29 is 4.79 Å². The van der Waals surface area contributed by atoms with E-state index in [1.165, 1.54) is 6.42 Å². The van der Waals surface area contributed by atoms with Crippen LogP contribution < -0.4 is 0 Å². The van der Waals surface area contributed by atoms with Crippen LogP contribution in [-0.2, 0) is 0 Å². The summed E-state index contributed by atoms with van der Waals surface area (Å²) in [5.74, 6) is 0.574. The summed E-state index contributed by atoms with van der Waals surface area (Å²) in [7, 11) is 0. The predicted molar refractivity (Wildman–Crippen MR) is 80.7 cm³/mol. The lowest BCUT2D eigenvalue weighted by molar-refractivity contribution is 0.0545. The third-order valence-electron chi connectivity index (χ3n) is 4.37. The van der Waals surface area contributed by atoms with E-state index in [1.807, 2.05) is 23.1 Å². The number of likely N-dealkylation sites (tertiary alicyclic amines) is 1. The van der Waals surface area contributed by atoms with Gasteiger partial charge in [0.05, 0.1) is 5.69 Å². The van der Waals surface area contributed by atoms with Gasteiger partial charge in [0, 0.05) is 18.8 Å². The molecule has 3 rings (SSSR count). The largest absolute Gasteiger partial charge is 0.334 e. The van der Waals surface area contributed by atoms with Gasteiger partial charge in [0.25, 0.3) is 5.91 Å². The van der Waals surface area contributed by atoms with Crippen molar-refractivity contribution in [2.75, 3.05) is 6.54 Å². The van der Waals surface area contributed by atoms with Crippen LogP contribution >= 0.6 is 0 Å². The Hall–Kier alpha value is -2.17. The van der Waals surface area contributed by atoms with Crippen molar-refractivity contribution in [3.63, 3.8) is 0 Å². The highest BCUT2D eigenvalue weighted by Gasteiger charge is 2.29. The second-order valence-electron chi connectivity index (χ2n) is 5.74. The number of aromatic nitrogens is 3. The third kappa shape index (κ3) is 2.68. The molecule has 2 aromatic rings. The Bertz CT molecular complexity index is 622. The lowest BCUT2D eigenvalue weighted by atomic mass is 9.92. The molecular formula is C16H20N4O. The normalized spacial score (nSPS) is 22.3. The maximum Gasteiger partial charge on any atom is 0.272 e. The standard InChI is InChI=1S/C16H20N4O/c1-11-6-5-9-20(12(11)2)16(21)15-10-14(18-19-15)13-7-3-4-8-17-13/h3-4,7-8,10-12H,5-6,9H2,1-2H3,(H,18,19)/t11-,12-/m1/s1. The van der Waals surface area contributed by atoms with Crippen molar-refractivity contribution in [1.82, 2.24) is 20.1 Å². The van der Waals surface area contributed by atoms with Gasteiger partial charge in [-0.25, -0.2) is 0 Å². The summed E-state index contributed by atoms with van der Waals surface area (Å²) in [5, 5.41) is 7.07. The first-order chi connectivity index (χ1) is 10.2. The number of amides is 1. The number of piperidine rings is 1. The SMILES string of the molecule is C[C@@H]1CCCN(C(=O)c2cc(-c3ccccn3)n[nH]2)[C@@H]1C. The van der Waals surface area contributed by atoms with Crippen molar-refractivity contribution >= 4 is 5.91 Å². The van der Waals surface area contributed by atoms with Gasteiger partial charge >= 0.3 is 0 Å². The van der Waals surface area contributed by atoms with Gasteiger partial charge in [-0.2, -0.15) is 5.10 Å². The molecule has 5 nitrogen and oxygen atoms in total. The van der Waals surface area contributed by atoms with Crippen LogP contribution in [0.4, 0.5) is 0 Å². The minimum atomic E-state index is 0.0312. The summed E-state index contributed by atoms with van der Waals surface area (Å²) in [4.78, 5) is 18.8. The summed E-state index contributed by atoms with van der Waals surface area (Å²) in [6, 6.07) is 7.71. The second-order valence-corrected chi connectivity index (χ2v) is 5.74. The average molecular weight is 284 g/mol. The Morgan fingerprint density at radius 2 is 2.19 bits per heavy atom. The fraction of sp³-hybridized carbons (Fsp3) is 0.438. The van der Waals surface area contributed by atoms with Crippen LogP contribution in [0.2, 0.25) is 0 Å². The van der Waals surface area contributed by atoms with Crippen LogP contribution in [0.3, 0.4) is 0 Å². The Morgan fingerprint density at radius 1 is 1.33 bits per heavy atom. The molecule has 1 aliphatic heterocycles. The molecule has 1 aliphatic rings. The van der Waals surface area contributed by atoms with Gasteiger partial charge in [-0.15, -0.1) is 0 Å². The summed E-state index contributed by atoms with van der Waals surface area (Å²) in [6.07, 6.45) is 3.98. The van der Waals surface area contributed by atoms with Crippen LogP contribution in [0.25, 0.3) is 11.4 Å². The summed E-state index contributed by atoms with van der Waals surface area (Å²) in [5.41, 5.74) is 2.01. The topological polar surface area (TPSA) is 61.9 Å². The van der Waals surface area contributed by atoms with Crippen molar-refractivity contribution in [2.24, 2.45) is 5.92 Å². The summed E-state index contributed by atoms with van der Waals surface area (Å²) < 4.78 is 0. The number of aromatic amines is 1. The van der Waals surface area contributed by atoms with Crippen LogP contribution in [0.1, 0.15) is 37.2 Å². The van der Waals surface area contributed by atoms with E-state index in [1.54, 1.807) is 12.3 Å². The molecule has 1 fully saturated rings. The minimum absolute atomic E-state index is 0.0312. The number of carbonyl (C=O) groups is 1. The van der Waals surface area contributed by atoms with Gasteiger partial charge in [-0.1, -0.05) is 13.0 Å². The summed E-state index contributed by atoms with van der Waals surface area (Å²) >= 11 is 0. The Morgan fingerprint density at radius 3 is 2.95 bits per heavy atom. The number of nitrogens with one attached hydrogen (secondary N) is 1. The molecule has 1 saturated heterocycles. The van der Waals surface area contributed by atoms with Gasteiger partial charge < -0.3 is 4.90 Å². The zero-order valence-corrected chi connectivity index (χ0v) is 12.4. The lowest BCUT2D eigenvalue weighted by Gasteiger charge is -2.37. The fourth-order valence-electron chi connectivity index (χ4n) is 2.85. The molecule has 0 radical (unpaired) electrons. The number of pyridine rings is 1. The van der Waals surface area contributed by atoms with Crippen LogP contribution in [0, 0.1) is 5.92 Å². The summed E-state index contributed by atoms with van der Waals surface area (Å²) in [6.45, 7) is 5.15. The first kappa shape index (κ1) is 13.8. The maximum absolute atomic E-state index is 12.6. The molecule has 1 N–H and O–H groups in total. The van der Waals surface area contributed by atoms with Crippen LogP contribution in [-0.4, -0.2) is 38.6 Å². The van der Waals surface area contributed by atoms with E-state index in [0.29, 0.717) is 17.3 Å². The number of carbonyl (C=O) groups excluding carboxylic acids is 1. The van der Waals surface area contributed by atoms with Gasteiger partial charge in [0.15, 0.2) is 0 Å². The highest BCUT2D eigenvalue weighted by atomic mass is 16.2. The van der Waals surface area contributed by atoms with E-state index < -0.39 is 0 Å². The average Bonchev–Trinajstić information content (AvgIpc) is 3.00. The first-order valence-corrected chi connectivity index (χ1v) is 7.44. The maximum atomic E-state index is 12.6. The van der Waals surface area contributed by atoms with Crippen molar-refractivity contribution in [1.29, 1.82) is 0 Å². The number of nitrogens with zero attached hydrogens (tertiary/aromatic N) is 3. The highest BCUT2D eigenvalue weighted by Crippen LogP contribution is 2.25. The molecule has 0 bridgehead atoms. The van der Waals surface area contributed by atoms with Gasteiger partial charge in [0.2, 0.25) is 0 Å². The molecule has 0 aromatic carbocycles. The van der Waals surface area contributed by atoms with Crippen LogP contribution in [0.5, 0.6) is 0 Å². The predicted octanol–water partition coefficient (Wildman–Crippen LogP) is 2.73. The first-order valence-electron chi connectivity index (χ1n) is 7.44. The number of H-pyrrole nitrogens is 1. The highest BCUT2D eigenvalue weighted by molar-refractivity contribution is 5.93. The number of hydrogen-bond donors (Lipinski definition) is 1. The molecule has 5 heteroatoms. The van der Waals surface area contributed by atoms with Crippen molar-refractivity contribution in [3.8, 4) is 11.4 Å². The molecule has 2 atom stereocenters. The quantitative estimate of drug-likeness (QED) is 0.922. The molecule has 0 unspecified atom stereocenters. The molecule has 2 aromatic heterocycles. The fourth-order valence-corrected chi connectivity index (χ4v) is 2.85.